The molecule has 120 valence electrons. The quantitative estimate of drug-likeness (QED) is 0.722. The molecule has 0 aliphatic heterocycles. The molecule has 0 fully saturated rings. The van der Waals surface area contributed by atoms with Crippen LogP contribution in [-0.4, -0.2) is 34.2 Å². The molecule has 1 unspecified atom stereocenters. The summed E-state index contributed by atoms with van der Waals surface area (Å²) in [6.07, 6.45) is 3.36. The van der Waals surface area contributed by atoms with Gasteiger partial charge in [-0.25, -0.2) is 9.78 Å². The Hall–Kier alpha value is -1.56. The number of nitrogens with zero attached hydrogens (tertiary/aromatic N) is 1. The van der Waals surface area contributed by atoms with Crippen LogP contribution in [0, 0.1) is 6.92 Å². The van der Waals surface area contributed by atoms with Crippen LogP contribution in [0.3, 0.4) is 0 Å². The molecule has 0 bridgehead atoms. The number of carbonyl (C=O) groups is 1. The lowest BCUT2D eigenvalue weighted by atomic mass is 10.1. The molecule has 0 saturated heterocycles. The lowest BCUT2D eigenvalue weighted by molar-refractivity contribution is 0.0521. The number of alkyl carbamates (subject to hydrolysis) is 1. The standard InChI is InChI=1S/C15H28N4O2/c1-6-7-12(8-17-14(20)21-15(3,4)5)16-9-13-11(2)18-10-19-13/h10,12,16H,6-9H2,1-5H3,(H,17,20)(H,18,19). The van der Waals surface area contributed by atoms with Crippen LogP contribution in [0.4, 0.5) is 4.79 Å². The van der Waals surface area contributed by atoms with E-state index in [0.29, 0.717) is 13.1 Å². The molecule has 6 heteroatoms. The van der Waals surface area contributed by atoms with Gasteiger partial charge in [0, 0.05) is 24.8 Å². The van der Waals surface area contributed by atoms with Gasteiger partial charge in [-0.2, -0.15) is 0 Å². The molecule has 1 heterocycles. The number of ether oxygens (including phenoxy) is 1. The molecule has 6 nitrogen and oxygen atoms in total. The van der Waals surface area contributed by atoms with Crippen LogP contribution in [0.1, 0.15) is 51.9 Å². The highest BCUT2D eigenvalue weighted by atomic mass is 16.6. The van der Waals surface area contributed by atoms with Gasteiger partial charge in [0.2, 0.25) is 0 Å². The van der Waals surface area contributed by atoms with Gasteiger partial charge in [0.25, 0.3) is 0 Å². The van der Waals surface area contributed by atoms with E-state index < -0.39 is 5.60 Å². The van der Waals surface area contributed by atoms with E-state index in [9.17, 15) is 4.79 Å². The zero-order valence-corrected chi connectivity index (χ0v) is 13.7. The number of rotatable bonds is 7. The number of amides is 1. The van der Waals surface area contributed by atoms with Crippen molar-refractivity contribution < 1.29 is 9.53 Å². The minimum atomic E-state index is -0.468. The molecular formula is C15H28N4O2. The van der Waals surface area contributed by atoms with Crippen LogP contribution in [0.25, 0.3) is 0 Å². The number of H-pyrrole nitrogens is 1. The van der Waals surface area contributed by atoms with Gasteiger partial charge in [0.05, 0.1) is 12.0 Å². The van der Waals surface area contributed by atoms with Gasteiger partial charge in [-0.15, -0.1) is 0 Å². The van der Waals surface area contributed by atoms with Gasteiger partial charge in [0.1, 0.15) is 5.60 Å². The molecule has 0 aromatic carbocycles. The van der Waals surface area contributed by atoms with E-state index >= 15 is 0 Å². The second-order valence-corrected chi connectivity index (χ2v) is 6.22. The first-order valence-electron chi connectivity index (χ1n) is 7.51. The average molecular weight is 296 g/mol. The molecule has 0 aliphatic rings. The molecule has 1 aromatic rings. The first kappa shape index (κ1) is 17.5. The summed E-state index contributed by atoms with van der Waals surface area (Å²) in [6, 6.07) is 0.207. The number of aromatic amines is 1. The lowest BCUT2D eigenvalue weighted by Gasteiger charge is -2.22. The zero-order valence-electron chi connectivity index (χ0n) is 13.7. The van der Waals surface area contributed by atoms with Gasteiger partial charge in [-0.1, -0.05) is 13.3 Å². The number of hydrogen-bond acceptors (Lipinski definition) is 4. The molecule has 21 heavy (non-hydrogen) atoms. The van der Waals surface area contributed by atoms with Gasteiger partial charge in [0.15, 0.2) is 0 Å². The Kier molecular flexibility index (Phi) is 6.68. The summed E-state index contributed by atoms with van der Waals surface area (Å²) in [6.45, 7) is 10.9. The Morgan fingerprint density at radius 2 is 2.19 bits per heavy atom. The molecule has 0 aliphatic carbocycles. The summed E-state index contributed by atoms with van der Waals surface area (Å²) >= 11 is 0. The van der Waals surface area contributed by atoms with Crippen LogP contribution in [0.2, 0.25) is 0 Å². The molecule has 3 N–H and O–H groups in total. The number of carbonyl (C=O) groups excluding carboxylic acids is 1. The molecule has 0 radical (unpaired) electrons. The van der Waals surface area contributed by atoms with Gasteiger partial charge < -0.3 is 20.4 Å². The average Bonchev–Trinajstić information content (AvgIpc) is 2.76. The van der Waals surface area contributed by atoms with Gasteiger partial charge in [-0.3, -0.25) is 0 Å². The van der Waals surface area contributed by atoms with Crippen molar-refractivity contribution in [1.29, 1.82) is 0 Å². The summed E-state index contributed by atoms with van der Waals surface area (Å²) in [5.74, 6) is 0. The predicted octanol–water partition coefficient (Wildman–Crippen LogP) is 2.50. The third-order valence-electron chi connectivity index (χ3n) is 3.02. The van der Waals surface area contributed by atoms with Crippen molar-refractivity contribution in [3.05, 3.63) is 17.7 Å². The van der Waals surface area contributed by atoms with Crippen molar-refractivity contribution in [2.24, 2.45) is 0 Å². The normalized spacial score (nSPS) is 13.0. The first-order valence-corrected chi connectivity index (χ1v) is 7.51. The summed E-state index contributed by atoms with van der Waals surface area (Å²) in [5, 5.41) is 6.25. The molecule has 1 rings (SSSR count). The fourth-order valence-corrected chi connectivity index (χ4v) is 1.95. The molecule has 0 spiro atoms. The third kappa shape index (κ3) is 7.13. The van der Waals surface area contributed by atoms with E-state index in [1.54, 1.807) is 6.33 Å². The van der Waals surface area contributed by atoms with Crippen molar-refractivity contribution in [2.45, 2.75) is 65.6 Å². The van der Waals surface area contributed by atoms with Crippen LogP contribution in [0.5, 0.6) is 0 Å². The number of aryl methyl sites for hydroxylation is 1. The van der Waals surface area contributed by atoms with Crippen LogP contribution < -0.4 is 10.6 Å². The van der Waals surface area contributed by atoms with Crippen molar-refractivity contribution in [3.8, 4) is 0 Å². The summed E-state index contributed by atoms with van der Waals surface area (Å²) < 4.78 is 5.24. The van der Waals surface area contributed by atoms with Crippen LogP contribution in [-0.2, 0) is 11.3 Å². The Morgan fingerprint density at radius 3 is 2.71 bits per heavy atom. The van der Waals surface area contributed by atoms with E-state index in [0.717, 1.165) is 24.2 Å². The van der Waals surface area contributed by atoms with Crippen LogP contribution >= 0.6 is 0 Å². The summed E-state index contributed by atoms with van der Waals surface area (Å²) in [7, 11) is 0. The van der Waals surface area contributed by atoms with E-state index in [-0.39, 0.29) is 12.1 Å². The Labute approximate surface area is 127 Å². The maximum Gasteiger partial charge on any atom is 0.407 e. The van der Waals surface area contributed by atoms with E-state index in [2.05, 4.69) is 27.5 Å². The van der Waals surface area contributed by atoms with Crippen molar-refractivity contribution in [3.63, 3.8) is 0 Å². The van der Waals surface area contributed by atoms with E-state index in [4.69, 9.17) is 4.74 Å². The number of aromatic nitrogens is 2. The summed E-state index contributed by atoms with van der Waals surface area (Å²) in [5.41, 5.74) is 1.61. The minimum absolute atomic E-state index is 0.207. The largest absolute Gasteiger partial charge is 0.444 e. The summed E-state index contributed by atoms with van der Waals surface area (Å²) in [4.78, 5) is 19.0. The second-order valence-electron chi connectivity index (χ2n) is 6.22. The SMILES string of the molecule is CCCC(CNC(=O)OC(C)(C)C)NCc1nc[nH]c1C. The maximum absolute atomic E-state index is 11.7. The van der Waals surface area contributed by atoms with E-state index in [1.807, 2.05) is 27.7 Å². The van der Waals surface area contributed by atoms with Crippen molar-refractivity contribution in [2.75, 3.05) is 6.54 Å². The zero-order chi connectivity index (χ0) is 15.9. The number of imidazole rings is 1. The highest BCUT2D eigenvalue weighted by molar-refractivity contribution is 5.67. The monoisotopic (exact) mass is 296 g/mol. The molecule has 1 amide bonds. The second kappa shape index (κ2) is 8.02. The Morgan fingerprint density at radius 1 is 1.48 bits per heavy atom. The lowest BCUT2D eigenvalue weighted by Crippen LogP contribution is -2.42. The smallest absolute Gasteiger partial charge is 0.407 e. The van der Waals surface area contributed by atoms with Crippen molar-refractivity contribution >= 4 is 6.09 Å². The minimum Gasteiger partial charge on any atom is -0.444 e. The van der Waals surface area contributed by atoms with E-state index in [1.165, 1.54) is 0 Å². The van der Waals surface area contributed by atoms with Crippen molar-refractivity contribution in [1.82, 2.24) is 20.6 Å². The highest BCUT2D eigenvalue weighted by Crippen LogP contribution is 2.07. The number of hydrogen-bond donors (Lipinski definition) is 3. The topological polar surface area (TPSA) is 79.0 Å². The Balaban J connectivity index is 2.39. The maximum atomic E-state index is 11.7. The van der Waals surface area contributed by atoms with Crippen LogP contribution in [0.15, 0.2) is 6.33 Å². The predicted molar refractivity (Wildman–Crippen MR) is 83.1 cm³/mol. The number of nitrogens with one attached hydrogen (secondary N) is 3. The molecule has 1 aromatic heterocycles. The highest BCUT2D eigenvalue weighted by Gasteiger charge is 2.17. The fraction of sp³-hybridized carbons (Fsp3) is 0.733. The molecule has 1 atom stereocenters. The molecular weight excluding hydrogens is 268 g/mol. The fourth-order valence-electron chi connectivity index (χ4n) is 1.95. The molecule has 0 saturated carbocycles. The third-order valence-corrected chi connectivity index (χ3v) is 3.02. The first-order chi connectivity index (χ1) is 9.81. The van der Waals surface area contributed by atoms with Gasteiger partial charge in [-0.05, 0) is 34.1 Å². The Bertz CT molecular complexity index is 437. The van der Waals surface area contributed by atoms with Gasteiger partial charge >= 0.3 is 6.09 Å².